The summed E-state index contributed by atoms with van der Waals surface area (Å²) in [7, 11) is 0. The number of H-pyrrole nitrogens is 1. The zero-order valence-corrected chi connectivity index (χ0v) is 20.1. The lowest BCUT2D eigenvalue weighted by molar-refractivity contribution is -0.118. The number of amides is 1. The van der Waals surface area contributed by atoms with E-state index in [-0.39, 0.29) is 29.6 Å². The highest BCUT2D eigenvalue weighted by Gasteiger charge is 2.19. The Morgan fingerprint density at radius 2 is 1.97 bits per heavy atom. The number of Topliss-reactive ketones (excluding diaryl/α,β-unsaturated/α-hetero) is 1. The molecule has 2 aromatic carbocycles. The van der Waals surface area contributed by atoms with Gasteiger partial charge in [0.1, 0.15) is 10.6 Å². The van der Waals surface area contributed by atoms with E-state index < -0.39 is 0 Å². The van der Waals surface area contributed by atoms with Gasteiger partial charge in [-0.25, -0.2) is 4.98 Å². The molecule has 0 saturated carbocycles. The molecule has 9 heteroatoms. The third kappa shape index (κ3) is 4.36. The molecule has 2 aromatic heterocycles. The van der Waals surface area contributed by atoms with Crippen molar-refractivity contribution in [2.75, 3.05) is 17.7 Å². The summed E-state index contributed by atoms with van der Waals surface area (Å²) >= 11 is 2.58. The van der Waals surface area contributed by atoms with Gasteiger partial charge in [0, 0.05) is 16.5 Å². The number of anilines is 1. The first-order valence-corrected chi connectivity index (χ1v) is 12.6. The van der Waals surface area contributed by atoms with Gasteiger partial charge >= 0.3 is 0 Å². The Hall–Kier alpha value is -3.43. The SMILES string of the molecule is CC(C)c1ccc(-c2csc3nc(SCC(=O)c4ccc5c(c4)NC(=O)CO5)[nH]c(=O)c23)cc1. The highest BCUT2D eigenvalue weighted by atomic mass is 32.2. The third-order valence-electron chi connectivity index (χ3n) is 5.58. The number of carbonyl (C=O) groups excluding carboxylic acids is 2. The first-order chi connectivity index (χ1) is 16.4. The Balaban J connectivity index is 1.34. The van der Waals surface area contributed by atoms with E-state index in [2.05, 4.69) is 41.3 Å². The molecule has 0 spiro atoms. The number of rotatable bonds is 6. The van der Waals surface area contributed by atoms with Crippen LogP contribution in [0, 0.1) is 0 Å². The van der Waals surface area contributed by atoms with Crippen molar-refractivity contribution >= 4 is 50.7 Å². The average molecular weight is 492 g/mol. The highest BCUT2D eigenvalue weighted by Crippen LogP contribution is 2.33. The fraction of sp³-hybridized carbons (Fsp3) is 0.200. The summed E-state index contributed by atoms with van der Waals surface area (Å²) in [5.41, 5.74) is 3.78. The standard InChI is InChI=1S/C25H21N3O4S2/c1-13(2)14-3-5-15(6-4-14)17-11-33-24-22(17)23(31)27-25(28-24)34-12-19(29)16-7-8-20-18(9-16)26-21(30)10-32-20/h3-9,11,13H,10,12H2,1-2H3,(H,26,30)(H,27,28,31). The normalized spacial score (nSPS) is 13.0. The molecule has 2 N–H and O–H groups in total. The van der Waals surface area contributed by atoms with Crippen molar-refractivity contribution < 1.29 is 14.3 Å². The molecule has 1 aliphatic rings. The number of thioether (sulfide) groups is 1. The third-order valence-corrected chi connectivity index (χ3v) is 7.33. The van der Waals surface area contributed by atoms with E-state index >= 15 is 0 Å². The van der Waals surface area contributed by atoms with Crippen molar-refractivity contribution in [2.24, 2.45) is 0 Å². The van der Waals surface area contributed by atoms with E-state index in [0.29, 0.717) is 38.3 Å². The Labute approximate surface area is 203 Å². The summed E-state index contributed by atoms with van der Waals surface area (Å²) in [5.74, 6) is 0.665. The van der Waals surface area contributed by atoms with Crippen molar-refractivity contribution in [3.05, 3.63) is 69.3 Å². The molecule has 172 valence electrons. The Morgan fingerprint density at radius 3 is 2.74 bits per heavy atom. The molecule has 0 unspecified atom stereocenters. The van der Waals surface area contributed by atoms with E-state index in [1.165, 1.54) is 28.7 Å². The Morgan fingerprint density at radius 1 is 1.18 bits per heavy atom. The van der Waals surface area contributed by atoms with Crippen LogP contribution in [0.2, 0.25) is 0 Å². The number of thiophene rings is 1. The number of hydrogen-bond donors (Lipinski definition) is 2. The summed E-state index contributed by atoms with van der Waals surface area (Å²) in [6, 6.07) is 13.2. The van der Waals surface area contributed by atoms with E-state index in [1.807, 2.05) is 17.5 Å². The van der Waals surface area contributed by atoms with Gasteiger partial charge in [0.25, 0.3) is 11.5 Å². The molecule has 1 amide bonds. The number of carbonyl (C=O) groups is 2. The maximum Gasteiger partial charge on any atom is 0.262 e. The average Bonchev–Trinajstić information content (AvgIpc) is 3.26. The van der Waals surface area contributed by atoms with Crippen LogP contribution in [0.3, 0.4) is 0 Å². The lowest BCUT2D eigenvalue weighted by Crippen LogP contribution is -2.25. The second kappa shape index (κ2) is 9.08. The molecule has 4 aromatic rings. The predicted octanol–water partition coefficient (Wildman–Crippen LogP) is 5.08. The molecular formula is C25H21N3O4S2. The number of nitrogens with zero attached hydrogens (tertiary/aromatic N) is 1. The first kappa shape index (κ1) is 22.4. The van der Waals surface area contributed by atoms with E-state index in [1.54, 1.807) is 18.2 Å². The van der Waals surface area contributed by atoms with Gasteiger partial charge in [0.15, 0.2) is 17.5 Å². The number of benzene rings is 2. The van der Waals surface area contributed by atoms with Gasteiger partial charge in [0.05, 0.1) is 16.8 Å². The van der Waals surface area contributed by atoms with E-state index in [0.717, 1.165) is 11.1 Å². The summed E-state index contributed by atoms with van der Waals surface area (Å²) in [6.07, 6.45) is 0. The fourth-order valence-corrected chi connectivity index (χ4v) is 5.49. The maximum absolute atomic E-state index is 12.9. The van der Waals surface area contributed by atoms with Crippen LogP contribution in [0.1, 0.15) is 35.7 Å². The molecular weight excluding hydrogens is 470 g/mol. The Kier molecular flexibility index (Phi) is 5.97. The molecule has 0 aliphatic carbocycles. The van der Waals surface area contributed by atoms with Gasteiger partial charge < -0.3 is 15.0 Å². The van der Waals surface area contributed by atoms with E-state index in [4.69, 9.17) is 4.74 Å². The first-order valence-electron chi connectivity index (χ1n) is 10.7. The quantitative estimate of drug-likeness (QED) is 0.222. The lowest BCUT2D eigenvalue weighted by Gasteiger charge is -2.18. The van der Waals surface area contributed by atoms with Crippen LogP contribution in [0.25, 0.3) is 21.3 Å². The van der Waals surface area contributed by atoms with Crippen LogP contribution in [-0.4, -0.2) is 34.0 Å². The molecule has 0 radical (unpaired) electrons. The topological polar surface area (TPSA) is 101 Å². The Bertz CT molecular complexity index is 1470. The number of aromatic nitrogens is 2. The van der Waals surface area contributed by atoms with Crippen molar-refractivity contribution in [3.8, 4) is 16.9 Å². The second-order valence-corrected chi connectivity index (χ2v) is 10.1. The minimum absolute atomic E-state index is 0.0364. The second-order valence-electron chi connectivity index (χ2n) is 8.24. The summed E-state index contributed by atoms with van der Waals surface area (Å²) in [4.78, 5) is 45.1. The van der Waals surface area contributed by atoms with Crippen LogP contribution in [-0.2, 0) is 4.79 Å². The van der Waals surface area contributed by atoms with Crippen LogP contribution in [0.5, 0.6) is 5.75 Å². The number of aromatic amines is 1. The van der Waals surface area contributed by atoms with Crippen LogP contribution < -0.4 is 15.6 Å². The zero-order chi connectivity index (χ0) is 23.8. The number of ketones is 1. The molecule has 0 bridgehead atoms. The van der Waals surface area contributed by atoms with Gasteiger partial charge in [-0.2, -0.15) is 0 Å². The van der Waals surface area contributed by atoms with Gasteiger partial charge in [-0.05, 0) is 35.2 Å². The smallest absolute Gasteiger partial charge is 0.262 e. The number of nitrogens with one attached hydrogen (secondary N) is 2. The van der Waals surface area contributed by atoms with Crippen molar-refractivity contribution in [2.45, 2.75) is 24.9 Å². The monoisotopic (exact) mass is 491 g/mol. The van der Waals surface area contributed by atoms with Gasteiger partial charge in [-0.3, -0.25) is 14.4 Å². The van der Waals surface area contributed by atoms with Crippen molar-refractivity contribution in [1.82, 2.24) is 9.97 Å². The highest BCUT2D eigenvalue weighted by molar-refractivity contribution is 7.99. The fourth-order valence-electron chi connectivity index (χ4n) is 3.73. The molecule has 0 saturated heterocycles. The summed E-state index contributed by atoms with van der Waals surface area (Å²) in [6.45, 7) is 4.25. The zero-order valence-electron chi connectivity index (χ0n) is 18.5. The van der Waals surface area contributed by atoms with Gasteiger partial charge in [-0.1, -0.05) is 49.9 Å². The van der Waals surface area contributed by atoms with Gasteiger partial charge in [-0.15, -0.1) is 11.3 Å². The summed E-state index contributed by atoms with van der Waals surface area (Å²) in [5, 5.41) is 5.60. The molecule has 1 aliphatic heterocycles. The van der Waals surface area contributed by atoms with E-state index in [9.17, 15) is 14.4 Å². The minimum atomic E-state index is -0.257. The molecule has 3 heterocycles. The molecule has 0 atom stereocenters. The van der Waals surface area contributed by atoms with Crippen molar-refractivity contribution in [1.29, 1.82) is 0 Å². The largest absolute Gasteiger partial charge is 0.482 e. The van der Waals surface area contributed by atoms with Crippen molar-refractivity contribution in [3.63, 3.8) is 0 Å². The van der Waals surface area contributed by atoms with Gasteiger partial charge in [0.2, 0.25) is 0 Å². The lowest BCUT2D eigenvalue weighted by atomic mass is 9.99. The molecule has 34 heavy (non-hydrogen) atoms. The molecule has 0 fully saturated rings. The van der Waals surface area contributed by atoms with Crippen LogP contribution in [0.4, 0.5) is 5.69 Å². The number of fused-ring (bicyclic) bond motifs is 2. The molecule has 5 rings (SSSR count). The number of hydrogen-bond acceptors (Lipinski definition) is 7. The number of ether oxygens (including phenoxy) is 1. The maximum atomic E-state index is 12.9. The minimum Gasteiger partial charge on any atom is -0.482 e. The predicted molar refractivity (Wildman–Crippen MR) is 135 cm³/mol. The molecule has 7 nitrogen and oxygen atoms in total. The summed E-state index contributed by atoms with van der Waals surface area (Å²) < 4.78 is 5.33. The van der Waals surface area contributed by atoms with Crippen LogP contribution >= 0.6 is 23.1 Å². The van der Waals surface area contributed by atoms with Crippen LogP contribution in [0.15, 0.2) is 57.8 Å².